The summed E-state index contributed by atoms with van der Waals surface area (Å²) in [5.74, 6) is -0.886. The molecule has 4 amide bonds. The van der Waals surface area contributed by atoms with E-state index in [0.717, 1.165) is 10.8 Å². The number of ether oxygens (including phenoxy) is 2. The van der Waals surface area contributed by atoms with Crippen molar-refractivity contribution in [3.8, 4) is 0 Å². The molecule has 0 aliphatic rings. The van der Waals surface area contributed by atoms with Crippen molar-refractivity contribution in [3.05, 3.63) is 59.0 Å². The van der Waals surface area contributed by atoms with Gasteiger partial charge in [-0.3, -0.25) is 9.59 Å². The van der Waals surface area contributed by atoms with Gasteiger partial charge in [0, 0.05) is 37.3 Å². The molecule has 12 heteroatoms. The number of anilines is 1. The Morgan fingerprint density at radius 3 is 2.23 bits per heavy atom. The Morgan fingerprint density at radius 2 is 1.59 bits per heavy atom. The number of nitrogens with one attached hydrogen (secondary N) is 3. The van der Waals surface area contributed by atoms with E-state index in [1.807, 2.05) is 36.4 Å². The molecule has 0 spiro atoms. The zero-order chi connectivity index (χ0) is 32.5. The van der Waals surface area contributed by atoms with Crippen molar-refractivity contribution in [2.75, 3.05) is 18.9 Å². The maximum absolute atomic E-state index is 13.9. The lowest BCUT2D eigenvalue weighted by molar-refractivity contribution is -0.139. The van der Waals surface area contributed by atoms with Gasteiger partial charge in [0.15, 0.2) is 0 Å². The SMILES string of the molecule is CN(C(=O)[C@H](Cc1nccs1)NC(=O)OC(C)(C)C)[C@@H](CCCNC(=O)OC(C)(C)C)C(=O)Nc1ccc2ccccc2c1. The van der Waals surface area contributed by atoms with Crippen molar-refractivity contribution in [1.29, 1.82) is 0 Å². The molecule has 238 valence electrons. The smallest absolute Gasteiger partial charge is 0.408 e. The minimum atomic E-state index is -1.03. The lowest BCUT2D eigenvalue weighted by atomic mass is 10.1. The number of alkyl carbamates (subject to hydrolysis) is 2. The Hall–Kier alpha value is -4.19. The first-order chi connectivity index (χ1) is 20.6. The number of likely N-dealkylation sites (N-methyl/N-ethyl adjacent to an activating group) is 1. The van der Waals surface area contributed by atoms with E-state index in [1.165, 1.54) is 23.3 Å². The number of nitrogens with zero attached hydrogens (tertiary/aromatic N) is 2. The first-order valence-electron chi connectivity index (χ1n) is 14.5. The number of amides is 4. The van der Waals surface area contributed by atoms with Crippen LogP contribution in [0.5, 0.6) is 0 Å². The Labute approximate surface area is 262 Å². The second-order valence-corrected chi connectivity index (χ2v) is 13.4. The Balaban J connectivity index is 1.80. The van der Waals surface area contributed by atoms with Gasteiger partial charge in [0.05, 0.1) is 5.01 Å². The Kier molecular flexibility index (Phi) is 11.7. The summed E-state index contributed by atoms with van der Waals surface area (Å²) < 4.78 is 10.7. The van der Waals surface area contributed by atoms with Gasteiger partial charge in [-0.05, 0) is 77.3 Å². The number of hydrogen-bond donors (Lipinski definition) is 3. The third kappa shape index (κ3) is 11.1. The normalized spacial score (nSPS) is 13.0. The van der Waals surface area contributed by atoms with Crippen LogP contribution in [0.3, 0.4) is 0 Å². The summed E-state index contributed by atoms with van der Waals surface area (Å²) in [6, 6.07) is 11.4. The van der Waals surface area contributed by atoms with Crippen LogP contribution in [-0.2, 0) is 25.5 Å². The van der Waals surface area contributed by atoms with Crippen LogP contribution < -0.4 is 16.0 Å². The van der Waals surface area contributed by atoms with Gasteiger partial charge in [-0.1, -0.05) is 30.3 Å². The lowest BCUT2D eigenvalue weighted by Gasteiger charge is -2.31. The van der Waals surface area contributed by atoms with Gasteiger partial charge in [0.25, 0.3) is 0 Å². The summed E-state index contributed by atoms with van der Waals surface area (Å²) in [5, 5.41) is 12.7. The van der Waals surface area contributed by atoms with Crippen LogP contribution in [0.1, 0.15) is 59.4 Å². The van der Waals surface area contributed by atoms with E-state index in [2.05, 4.69) is 20.9 Å². The molecule has 3 N–H and O–H groups in total. The van der Waals surface area contributed by atoms with Gasteiger partial charge in [-0.15, -0.1) is 11.3 Å². The maximum atomic E-state index is 13.9. The number of hydrogen-bond acceptors (Lipinski definition) is 8. The minimum absolute atomic E-state index is 0.124. The van der Waals surface area contributed by atoms with Crippen molar-refractivity contribution in [1.82, 2.24) is 20.5 Å². The number of carbonyl (C=O) groups excluding carboxylic acids is 4. The molecular formula is C32H43N5O6S. The van der Waals surface area contributed by atoms with Crippen molar-refractivity contribution in [3.63, 3.8) is 0 Å². The molecule has 3 rings (SSSR count). The molecule has 0 bridgehead atoms. The highest BCUT2D eigenvalue weighted by molar-refractivity contribution is 7.09. The molecule has 0 saturated heterocycles. The van der Waals surface area contributed by atoms with Crippen LogP contribution in [-0.4, -0.2) is 70.8 Å². The summed E-state index contributed by atoms with van der Waals surface area (Å²) in [6.07, 6.45) is 1.04. The van der Waals surface area contributed by atoms with Crippen molar-refractivity contribution in [2.45, 2.75) is 84.1 Å². The highest BCUT2D eigenvalue weighted by atomic mass is 32.1. The predicted molar refractivity (Wildman–Crippen MR) is 172 cm³/mol. The molecule has 11 nitrogen and oxygen atoms in total. The molecule has 1 aromatic heterocycles. The molecule has 0 aliphatic heterocycles. The van der Waals surface area contributed by atoms with Crippen LogP contribution in [0.15, 0.2) is 54.0 Å². The zero-order valence-corrected chi connectivity index (χ0v) is 27.2. The fraction of sp³-hybridized carbons (Fsp3) is 0.469. The summed E-state index contributed by atoms with van der Waals surface area (Å²) in [7, 11) is 1.53. The highest BCUT2D eigenvalue weighted by Gasteiger charge is 2.33. The standard InChI is InChI=1S/C32H43N5O6S/c1-31(2,3)42-29(40)34-16-10-13-25(27(38)35-23-15-14-21-11-8-9-12-22(21)19-23)37(7)28(39)24(20-26-33-17-18-44-26)36-30(41)43-32(4,5)6/h8-9,11-12,14-15,17-19,24-25H,10,13,16,20H2,1-7H3,(H,34,40)(H,35,38)(H,36,41)/t24-,25-/m0/s1. The number of rotatable bonds is 11. The molecular weight excluding hydrogens is 582 g/mol. The van der Waals surface area contributed by atoms with E-state index in [1.54, 1.807) is 59.2 Å². The van der Waals surface area contributed by atoms with Crippen LogP contribution >= 0.6 is 11.3 Å². The third-order valence-corrected chi connectivity index (χ3v) is 7.11. The van der Waals surface area contributed by atoms with Gasteiger partial charge >= 0.3 is 12.2 Å². The van der Waals surface area contributed by atoms with Gasteiger partial charge in [0.2, 0.25) is 11.8 Å². The minimum Gasteiger partial charge on any atom is -0.444 e. The number of thiazole rings is 1. The second kappa shape index (κ2) is 15.0. The number of fused-ring (bicyclic) bond motifs is 1. The molecule has 0 radical (unpaired) electrons. The monoisotopic (exact) mass is 625 g/mol. The molecule has 2 aromatic carbocycles. The van der Waals surface area contributed by atoms with Crippen LogP contribution in [0.4, 0.5) is 15.3 Å². The van der Waals surface area contributed by atoms with E-state index in [9.17, 15) is 19.2 Å². The van der Waals surface area contributed by atoms with E-state index < -0.39 is 47.3 Å². The van der Waals surface area contributed by atoms with E-state index in [0.29, 0.717) is 17.1 Å². The zero-order valence-electron chi connectivity index (χ0n) is 26.4. The summed E-state index contributed by atoms with van der Waals surface area (Å²) in [4.78, 5) is 58.1. The first-order valence-corrected chi connectivity index (χ1v) is 15.4. The average molecular weight is 626 g/mol. The van der Waals surface area contributed by atoms with Gasteiger partial charge < -0.3 is 30.3 Å². The fourth-order valence-electron chi connectivity index (χ4n) is 4.37. The second-order valence-electron chi connectivity index (χ2n) is 12.4. The largest absolute Gasteiger partial charge is 0.444 e. The van der Waals surface area contributed by atoms with Crippen LogP contribution in [0.25, 0.3) is 10.8 Å². The third-order valence-electron chi connectivity index (χ3n) is 6.31. The number of aromatic nitrogens is 1. The molecule has 0 unspecified atom stereocenters. The maximum Gasteiger partial charge on any atom is 0.408 e. The number of carbonyl (C=O) groups is 4. The molecule has 44 heavy (non-hydrogen) atoms. The lowest BCUT2D eigenvalue weighted by Crippen LogP contribution is -2.54. The first kappa shape index (κ1) is 34.3. The molecule has 0 saturated carbocycles. The molecule has 2 atom stereocenters. The fourth-order valence-corrected chi connectivity index (χ4v) is 5.03. The highest BCUT2D eigenvalue weighted by Crippen LogP contribution is 2.21. The summed E-state index contributed by atoms with van der Waals surface area (Å²) in [6.45, 7) is 10.7. The van der Waals surface area contributed by atoms with E-state index in [-0.39, 0.29) is 19.4 Å². The van der Waals surface area contributed by atoms with Crippen LogP contribution in [0, 0.1) is 0 Å². The topological polar surface area (TPSA) is 139 Å². The molecule has 3 aromatic rings. The molecule has 1 heterocycles. The van der Waals surface area contributed by atoms with Crippen molar-refractivity contribution >= 4 is 51.8 Å². The Morgan fingerprint density at radius 1 is 0.932 bits per heavy atom. The van der Waals surface area contributed by atoms with Crippen LogP contribution in [0.2, 0.25) is 0 Å². The molecule has 0 fully saturated rings. The number of benzene rings is 2. The summed E-state index contributed by atoms with van der Waals surface area (Å²) in [5.41, 5.74) is -0.835. The van der Waals surface area contributed by atoms with Gasteiger partial charge in [-0.2, -0.15) is 0 Å². The van der Waals surface area contributed by atoms with Crippen molar-refractivity contribution < 1.29 is 28.7 Å². The van der Waals surface area contributed by atoms with Crippen molar-refractivity contribution in [2.24, 2.45) is 0 Å². The Bertz CT molecular complexity index is 1430. The van der Waals surface area contributed by atoms with E-state index >= 15 is 0 Å². The quantitative estimate of drug-likeness (QED) is 0.239. The summed E-state index contributed by atoms with van der Waals surface area (Å²) >= 11 is 1.36. The average Bonchev–Trinajstić information content (AvgIpc) is 3.43. The van der Waals surface area contributed by atoms with Gasteiger partial charge in [0.1, 0.15) is 23.3 Å². The van der Waals surface area contributed by atoms with E-state index in [4.69, 9.17) is 9.47 Å². The predicted octanol–water partition coefficient (Wildman–Crippen LogP) is 5.50. The molecule has 0 aliphatic carbocycles. The van der Waals surface area contributed by atoms with Gasteiger partial charge in [-0.25, -0.2) is 14.6 Å².